The highest BCUT2D eigenvalue weighted by atomic mass is 32.1. The van der Waals surface area contributed by atoms with Gasteiger partial charge in [-0.25, -0.2) is 4.98 Å². The number of thiazole rings is 1. The van der Waals surface area contributed by atoms with E-state index in [1.54, 1.807) is 11.3 Å². The van der Waals surface area contributed by atoms with Crippen molar-refractivity contribution in [3.05, 3.63) is 16.1 Å². The minimum atomic E-state index is -0.120. The van der Waals surface area contributed by atoms with Gasteiger partial charge in [0, 0.05) is 11.1 Å². The Labute approximate surface area is 95.9 Å². The molecule has 1 saturated carbocycles. The molecule has 1 fully saturated rings. The Morgan fingerprint density at radius 1 is 1.53 bits per heavy atom. The van der Waals surface area contributed by atoms with Crippen molar-refractivity contribution in [1.29, 1.82) is 0 Å². The van der Waals surface area contributed by atoms with Gasteiger partial charge in [-0.2, -0.15) is 0 Å². The molecule has 1 aromatic heterocycles. The summed E-state index contributed by atoms with van der Waals surface area (Å²) in [6, 6.07) is 0. The molecule has 0 spiro atoms. The van der Waals surface area contributed by atoms with Gasteiger partial charge in [0.25, 0.3) is 0 Å². The zero-order chi connectivity index (χ0) is 10.9. The molecule has 0 unspecified atom stereocenters. The van der Waals surface area contributed by atoms with E-state index in [0.717, 1.165) is 23.8 Å². The average molecular weight is 224 g/mol. The van der Waals surface area contributed by atoms with E-state index in [0.29, 0.717) is 0 Å². The second-order valence-corrected chi connectivity index (χ2v) is 6.02. The third-order valence-corrected chi connectivity index (χ3v) is 4.75. The van der Waals surface area contributed by atoms with Crippen LogP contribution in [0.15, 0.2) is 6.20 Å². The monoisotopic (exact) mass is 224 g/mol. The van der Waals surface area contributed by atoms with Crippen molar-refractivity contribution < 1.29 is 0 Å². The number of hydrogen-bond donors (Lipinski definition) is 1. The zero-order valence-electron chi connectivity index (χ0n) is 9.62. The second-order valence-electron chi connectivity index (χ2n) is 4.78. The highest BCUT2D eigenvalue weighted by Gasteiger charge is 2.34. The van der Waals surface area contributed by atoms with Crippen LogP contribution in [0.5, 0.6) is 0 Å². The molecule has 2 nitrogen and oxygen atoms in total. The standard InChI is InChI=1S/C12H20N2S/c1-3-10-4-6-12(13,7-5-10)11-14-8-9(2)15-11/h8,10H,3-7,13H2,1-2H3. The van der Waals surface area contributed by atoms with E-state index in [9.17, 15) is 0 Å². The molecule has 1 aliphatic rings. The predicted molar refractivity (Wildman–Crippen MR) is 65.0 cm³/mol. The molecule has 84 valence electrons. The molecular formula is C12H20N2S. The summed E-state index contributed by atoms with van der Waals surface area (Å²) in [6.07, 6.45) is 8.00. The maximum Gasteiger partial charge on any atom is 0.113 e. The summed E-state index contributed by atoms with van der Waals surface area (Å²) in [5.41, 5.74) is 6.34. The Morgan fingerprint density at radius 3 is 2.67 bits per heavy atom. The summed E-state index contributed by atoms with van der Waals surface area (Å²) in [5, 5.41) is 1.15. The summed E-state index contributed by atoms with van der Waals surface area (Å²) >= 11 is 1.77. The van der Waals surface area contributed by atoms with E-state index in [1.807, 2.05) is 6.20 Å². The molecule has 15 heavy (non-hydrogen) atoms. The Kier molecular flexibility index (Phi) is 3.12. The lowest BCUT2D eigenvalue weighted by atomic mass is 9.76. The Morgan fingerprint density at radius 2 is 2.20 bits per heavy atom. The first-order chi connectivity index (χ1) is 7.14. The molecule has 0 atom stereocenters. The van der Waals surface area contributed by atoms with Crippen LogP contribution in [0.3, 0.4) is 0 Å². The van der Waals surface area contributed by atoms with Crippen molar-refractivity contribution >= 4 is 11.3 Å². The summed E-state index contributed by atoms with van der Waals surface area (Å²) in [7, 11) is 0. The zero-order valence-corrected chi connectivity index (χ0v) is 10.4. The fourth-order valence-electron chi connectivity index (χ4n) is 2.40. The van der Waals surface area contributed by atoms with Crippen LogP contribution in [0.2, 0.25) is 0 Å². The van der Waals surface area contributed by atoms with Gasteiger partial charge in [-0.15, -0.1) is 11.3 Å². The van der Waals surface area contributed by atoms with Gasteiger partial charge < -0.3 is 5.73 Å². The lowest BCUT2D eigenvalue weighted by Crippen LogP contribution is -2.40. The van der Waals surface area contributed by atoms with Crippen LogP contribution in [0, 0.1) is 12.8 Å². The Bertz CT molecular complexity index is 324. The SMILES string of the molecule is CCC1CCC(N)(c2ncc(C)s2)CC1. The first-order valence-corrected chi connectivity index (χ1v) is 6.67. The van der Waals surface area contributed by atoms with Gasteiger partial charge >= 0.3 is 0 Å². The number of nitrogens with two attached hydrogens (primary N) is 1. The molecule has 3 heteroatoms. The normalized spacial score (nSPS) is 31.8. The van der Waals surface area contributed by atoms with Crippen LogP contribution in [0.1, 0.15) is 48.9 Å². The molecule has 0 bridgehead atoms. The number of rotatable bonds is 2. The highest BCUT2D eigenvalue weighted by molar-refractivity contribution is 7.11. The van der Waals surface area contributed by atoms with Crippen LogP contribution < -0.4 is 5.73 Å². The number of aromatic nitrogens is 1. The smallest absolute Gasteiger partial charge is 0.113 e. The van der Waals surface area contributed by atoms with Crippen molar-refractivity contribution in [2.45, 2.75) is 51.5 Å². The predicted octanol–water partition coefficient (Wildman–Crippen LogP) is 3.21. The third-order valence-electron chi connectivity index (χ3n) is 3.62. The van der Waals surface area contributed by atoms with Gasteiger partial charge in [0.15, 0.2) is 0 Å². The second kappa shape index (κ2) is 4.22. The van der Waals surface area contributed by atoms with Gasteiger partial charge in [0.05, 0.1) is 5.54 Å². The fraction of sp³-hybridized carbons (Fsp3) is 0.750. The number of hydrogen-bond acceptors (Lipinski definition) is 3. The van der Waals surface area contributed by atoms with Crippen molar-refractivity contribution in [2.24, 2.45) is 11.7 Å². The Balaban J connectivity index is 2.09. The summed E-state index contributed by atoms with van der Waals surface area (Å²) in [4.78, 5) is 5.73. The molecule has 0 amide bonds. The third kappa shape index (κ3) is 2.23. The summed E-state index contributed by atoms with van der Waals surface area (Å²) < 4.78 is 0. The van der Waals surface area contributed by atoms with E-state index in [1.165, 1.54) is 24.1 Å². The molecule has 1 aliphatic carbocycles. The molecule has 2 rings (SSSR count). The van der Waals surface area contributed by atoms with Gasteiger partial charge in [0.1, 0.15) is 5.01 Å². The molecule has 1 aromatic rings. The van der Waals surface area contributed by atoms with Gasteiger partial charge in [-0.1, -0.05) is 13.3 Å². The van der Waals surface area contributed by atoms with Gasteiger partial charge in [-0.3, -0.25) is 0 Å². The van der Waals surface area contributed by atoms with Crippen LogP contribution in [0.25, 0.3) is 0 Å². The van der Waals surface area contributed by atoms with Crippen LogP contribution in [0.4, 0.5) is 0 Å². The highest BCUT2D eigenvalue weighted by Crippen LogP contribution is 2.39. The topological polar surface area (TPSA) is 38.9 Å². The number of aryl methyl sites for hydroxylation is 1. The van der Waals surface area contributed by atoms with Gasteiger partial charge in [0.2, 0.25) is 0 Å². The van der Waals surface area contributed by atoms with Crippen molar-refractivity contribution in [2.75, 3.05) is 0 Å². The van der Waals surface area contributed by atoms with E-state index in [-0.39, 0.29) is 5.54 Å². The molecule has 0 saturated heterocycles. The average Bonchev–Trinajstić information content (AvgIpc) is 2.67. The maximum absolute atomic E-state index is 6.46. The first kappa shape index (κ1) is 11.1. The van der Waals surface area contributed by atoms with Gasteiger partial charge in [-0.05, 0) is 38.5 Å². The van der Waals surface area contributed by atoms with E-state index in [4.69, 9.17) is 5.73 Å². The molecule has 1 heterocycles. The first-order valence-electron chi connectivity index (χ1n) is 5.86. The minimum Gasteiger partial charge on any atom is -0.319 e. The molecule has 2 N–H and O–H groups in total. The van der Waals surface area contributed by atoms with Crippen LogP contribution in [-0.4, -0.2) is 4.98 Å². The maximum atomic E-state index is 6.46. The fourth-order valence-corrected chi connectivity index (χ4v) is 3.32. The molecular weight excluding hydrogens is 204 g/mol. The molecule has 0 radical (unpaired) electrons. The van der Waals surface area contributed by atoms with Crippen molar-refractivity contribution in [1.82, 2.24) is 4.98 Å². The van der Waals surface area contributed by atoms with E-state index >= 15 is 0 Å². The van der Waals surface area contributed by atoms with E-state index < -0.39 is 0 Å². The Hall–Kier alpha value is -0.410. The van der Waals surface area contributed by atoms with Crippen LogP contribution in [-0.2, 0) is 5.54 Å². The summed E-state index contributed by atoms with van der Waals surface area (Å²) in [5.74, 6) is 0.891. The van der Waals surface area contributed by atoms with Crippen molar-refractivity contribution in [3.63, 3.8) is 0 Å². The quantitative estimate of drug-likeness (QED) is 0.838. The summed E-state index contributed by atoms with van der Waals surface area (Å²) in [6.45, 7) is 4.38. The lowest BCUT2D eigenvalue weighted by Gasteiger charge is -2.35. The number of nitrogens with zero attached hydrogens (tertiary/aromatic N) is 1. The molecule has 0 aromatic carbocycles. The van der Waals surface area contributed by atoms with Crippen molar-refractivity contribution in [3.8, 4) is 0 Å². The molecule has 0 aliphatic heterocycles. The van der Waals surface area contributed by atoms with Crippen LogP contribution >= 0.6 is 11.3 Å². The lowest BCUT2D eigenvalue weighted by molar-refractivity contribution is 0.231. The minimum absolute atomic E-state index is 0.120. The van der Waals surface area contributed by atoms with E-state index in [2.05, 4.69) is 18.8 Å². The largest absolute Gasteiger partial charge is 0.319 e.